The normalized spacial score (nSPS) is 12.5. The maximum absolute atomic E-state index is 11.9. The molecule has 1 aromatic carbocycles. The molecule has 16 heavy (non-hydrogen) atoms. The van der Waals surface area contributed by atoms with Crippen LogP contribution in [0.15, 0.2) is 23.1 Å². The van der Waals surface area contributed by atoms with Crippen molar-refractivity contribution in [3.05, 3.63) is 23.4 Å². The Morgan fingerprint density at radius 3 is 2.69 bits per heavy atom. The van der Waals surface area contributed by atoms with E-state index in [4.69, 9.17) is 11.6 Å². The highest BCUT2D eigenvalue weighted by atomic mass is 35.5. The van der Waals surface area contributed by atoms with Crippen LogP contribution in [0, 0.1) is 0 Å². The number of sulfonamides is 1. The Labute approximate surface area is 98.1 Å². The second-order valence-corrected chi connectivity index (χ2v) is 6.03. The van der Waals surface area contributed by atoms with E-state index in [0.29, 0.717) is 16.1 Å². The lowest BCUT2D eigenvalue weighted by molar-refractivity contribution is 0.521. The molecule has 1 N–H and O–H groups in total. The van der Waals surface area contributed by atoms with Gasteiger partial charge in [-0.15, -0.1) is 0 Å². The van der Waals surface area contributed by atoms with Crippen LogP contribution >= 0.6 is 11.6 Å². The molecule has 2 aromatic rings. The molecule has 1 heterocycles. The molecule has 0 saturated heterocycles. The minimum absolute atomic E-state index is 0.202. The summed E-state index contributed by atoms with van der Waals surface area (Å²) in [6, 6.07) is 4.64. The van der Waals surface area contributed by atoms with Crippen LogP contribution in [0.5, 0.6) is 0 Å². The number of fused-ring (bicyclic) bond motifs is 1. The van der Waals surface area contributed by atoms with E-state index < -0.39 is 10.0 Å². The Balaban J connectivity index is 2.68. The summed E-state index contributed by atoms with van der Waals surface area (Å²) in [5.74, 6) is 0. The lowest BCUT2D eigenvalue weighted by Crippen LogP contribution is -2.22. The lowest BCUT2D eigenvalue weighted by Gasteiger charge is -2.10. The van der Waals surface area contributed by atoms with Crippen LogP contribution < -0.4 is 0 Å². The fraction of sp³-hybridized carbons (Fsp3) is 0.222. The summed E-state index contributed by atoms with van der Waals surface area (Å²) in [4.78, 5) is 0.202. The number of hydrogen-bond acceptors (Lipinski definition) is 3. The summed E-state index contributed by atoms with van der Waals surface area (Å²) >= 11 is 5.85. The zero-order valence-electron chi connectivity index (χ0n) is 8.73. The zero-order valence-corrected chi connectivity index (χ0v) is 10.3. The van der Waals surface area contributed by atoms with Gasteiger partial charge in [-0.2, -0.15) is 5.10 Å². The number of aromatic nitrogens is 2. The maximum Gasteiger partial charge on any atom is 0.242 e. The van der Waals surface area contributed by atoms with E-state index in [1.165, 1.54) is 26.2 Å². The number of H-pyrrole nitrogens is 1. The molecule has 0 aliphatic heterocycles. The second kappa shape index (κ2) is 3.73. The molecule has 0 atom stereocenters. The van der Waals surface area contributed by atoms with Gasteiger partial charge in [-0.05, 0) is 18.2 Å². The Morgan fingerprint density at radius 1 is 1.38 bits per heavy atom. The van der Waals surface area contributed by atoms with Gasteiger partial charge in [-0.1, -0.05) is 11.6 Å². The molecular formula is C9H10ClN3O2S. The van der Waals surface area contributed by atoms with Crippen molar-refractivity contribution in [3.8, 4) is 0 Å². The number of aromatic amines is 1. The topological polar surface area (TPSA) is 66.1 Å². The third-order valence-corrected chi connectivity index (χ3v) is 4.36. The first-order valence-corrected chi connectivity index (χ1v) is 6.31. The Hall–Kier alpha value is -1.11. The first-order chi connectivity index (χ1) is 7.43. The standard InChI is InChI=1S/C9H10ClN3O2S/c1-13(2)16(14,15)6-3-4-8-7(5-6)9(10)12-11-8/h3-5H,1-2H3,(H,11,12). The van der Waals surface area contributed by atoms with E-state index in [9.17, 15) is 8.42 Å². The SMILES string of the molecule is CN(C)S(=O)(=O)c1ccc2n[nH]c(Cl)c2c1. The van der Waals surface area contributed by atoms with Crippen LogP contribution in [-0.2, 0) is 10.0 Å². The molecule has 0 spiro atoms. The highest BCUT2D eigenvalue weighted by molar-refractivity contribution is 7.89. The smallest absolute Gasteiger partial charge is 0.242 e. The lowest BCUT2D eigenvalue weighted by atomic mass is 10.3. The molecular weight excluding hydrogens is 250 g/mol. The molecule has 5 nitrogen and oxygen atoms in total. The fourth-order valence-corrected chi connectivity index (χ4v) is 2.45. The second-order valence-electron chi connectivity index (χ2n) is 3.50. The number of benzene rings is 1. The van der Waals surface area contributed by atoms with Crippen molar-refractivity contribution in [2.75, 3.05) is 14.1 Å². The van der Waals surface area contributed by atoms with Gasteiger partial charge in [-0.3, -0.25) is 5.10 Å². The molecule has 1 aromatic heterocycles. The summed E-state index contributed by atoms with van der Waals surface area (Å²) in [5, 5.41) is 7.45. The highest BCUT2D eigenvalue weighted by Gasteiger charge is 2.18. The van der Waals surface area contributed by atoms with Crippen molar-refractivity contribution in [2.45, 2.75) is 4.90 Å². The molecule has 0 aliphatic rings. The Morgan fingerprint density at radius 2 is 2.06 bits per heavy atom. The molecule has 2 rings (SSSR count). The molecule has 86 valence electrons. The van der Waals surface area contributed by atoms with Crippen LogP contribution in [0.4, 0.5) is 0 Å². The third kappa shape index (κ3) is 1.68. The maximum atomic E-state index is 11.9. The van der Waals surface area contributed by atoms with Gasteiger partial charge in [0.05, 0.1) is 10.4 Å². The van der Waals surface area contributed by atoms with E-state index in [1.54, 1.807) is 6.07 Å². The molecule has 0 fully saturated rings. The van der Waals surface area contributed by atoms with Crippen molar-refractivity contribution in [1.82, 2.24) is 14.5 Å². The first-order valence-electron chi connectivity index (χ1n) is 4.49. The summed E-state index contributed by atoms with van der Waals surface area (Å²) in [6.07, 6.45) is 0. The van der Waals surface area contributed by atoms with Crippen molar-refractivity contribution in [3.63, 3.8) is 0 Å². The highest BCUT2D eigenvalue weighted by Crippen LogP contribution is 2.24. The molecule has 0 aliphatic carbocycles. The predicted octanol–water partition coefficient (Wildman–Crippen LogP) is 1.47. The van der Waals surface area contributed by atoms with Gasteiger partial charge in [0.1, 0.15) is 5.15 Å². The summed E-state index contributed by atoms with van der Waals surface area (Å²) in [6.45, 7) is 0. The molecule has 0 unspecified atom stereocenters. The monoisotopic (exact) mass is 259 g/mol. The summed E-state index contributed by atoms with van der Waals surface area (Å²) in [5.41, 5.74) is 0.641. The van der Waals surface area contributed by atoms with Gasteiger partial charge in [0.15, 0.2) is 0 Å². The summed E-state index contributed by atoms with van der Waals surface area (Å²) < 4.78 is 24.9. The van der Waals surface area contributed by atoms with Crippen molar-refractivity contribution >= 4 is 32.5 Å². The molecule has 0 amide bonds. The molecule has 0 radical (unpaired) electrons. The average Bonchev–Trinajstić information content (AvgIpc) is 2.60. The van der Waals surface area contributed by atoms with Gasteiger partial charge in [-0.25, -0.2) is 12.7 Å². The van der Waals surface area contributed by atoms with Gasteiger partial charge in [0, 0.05) is 19.5 Å². The van der Waals surface area contributed by atoms with Crippen LogP contribution in [0.2, 0.25) is 5.15 Å². The average molecular weight is 260 g/mol. The summed E-state index contributed by atoms with van der Waals surface area (Å²) in [7, 11) is -0.465. The Kier molecular flexibility index (Phi) is 2.65. The minimum atomic E-state index is -3.43. The van der Waals surface area contributed by atoms with E-state index in [0.717, 1.165) is 4.31 Å². The fourth-order valence-electron chi connectivity index (χ4n) is 1.33. The van der Waals surface area contributed by atoms with Crippen LogP contribution in [-0.4, -0.2) is 37.0 Å². The number of rotatable bonds is 2. The van der Waals surface area contributed by atoms with Gasteiger partial charge >= 0.3 is 0 Å². The third-order valence-electron chi connectivity index (χ3n) is 2.26. The van der Waals surface area contributed by atoms with Gasteiger partial charge in [0.2, 0.25) is 10.0 Å². The first kappa shape index (κ1) is 11.4. The van der Waals surface area contributed by atoms with Crippen LogP contribution in [0.1, 0.15) is 0 Å². The largest absolute Gasteiger partial charge is 0.266 e. The van der Waals surface area contributed by atoms with Gasteiger partial charge in [0.25, 0.3) is 0 Å². The van der Waals surface area contributed by atoms with E-state index in [-0.39, 0.29) is 4.90 Å². The van der Waals surface area contributed by atoms with E-state index in [1.807, 2.05) is 0 Å². The van der Waals surface area contributed by atoms with E-state index >= 15 is 0 Å². The quantitative estimate of drug-likeness (QED) is 0.888. The van der Waals surface area contributed by atoms with E-state index in [2.05, 4.69) is 10.2 Å². The number of hydrogen-bond donors (Lipinski definition) is 1. The van der Waals surface area contributed by atoms with Crippen LogP contribution in [0.3, 0.4) is 0 Å². The predicted molar refractivity (Wildman–Crippen MR) is 62.0 cm³/mol. The number of nitrogens with one attached hydrogen (secondary N) is 1. The van der Waals surface area contributed by atoms with Crippen molar-refractivity contribution in [2.24, 2.45) is 0 Å². The number of halogens is 1. The zero-order chi connectivity index (χ0) is 11.9. The van der Waals surface area contributed by atoms with Crippen LogP contribution in [0.25, 0.3) is 10.9 Å². The Bertz CT molecular complexity index is 633. The number of nitrogens with zero attached hydrogens (tertiary/aromatic N) is 2. The molecule has 0 bridgehead atoms. The minimum Gasteiger partial charge on any atom is -0.266 e. The molecule has 7 heteroatoms. The van der Waals surface area contributed by atoms with Crippen molar-refractivity contribution < 1.29 is 8.42 Å². The molecule has 0 saturated carbocycles. The van der Waals surface area contributed by atoms with Crippen molar-refractivity contribution in [1.29, 1.82) is 0 Å². The van der Waals surface area contributed by atoms with Gasteiger partial charge < -0.3 is 0 Å².